The van der Waals surface area contributed by atoms with Crippen LogP contribution in [0, 0.1) is 22.7 Å². The fourth-order valence-corrected chi connectivity index (χ4v) is 1.39. The first-order chi connectivity index (χ1) is 6.42. The molecule has 3 heteroatoms. The van der Waals surface area contributed by atoms with Crippen molar-refractivity contribution in [3.8, 4) is 6.07 Å². The highest BCUT2D eigenvalue weighted by Crippen LogP contribution is 2.32. The molecule has 0 saturated heterocycles. The lowest BCUT2D eigenvalue weighted by molar-refractivity contribution is -0.123. The van der Waals surface area contributed by atoms with Gasteiger partial charge in [0.25, 0.3) is 0 Å². The molecule has 3 nitrogen and oxygen atoms in total. The van der Waals surface area contributed by atoms with Crippen molar-refractivity contribution in [1.82, 2.24) is 5.32 Å². The fraction of sp³-hybridized carbons (Fsp3) is 0.818. The van der Waals surface area contributed by atoms with Crippen molar-refractivity contribution in [3.63, 3.8) is 0 Å². The van der Waals surface area contributed by atoms with Crippen molar-refractivity contribution in [2.24, 2.45) is 11.3 Å². The normalized spacial score (nSPS) is 18.4. The molecule has 0 aliphatic heterocycles. The summed E-state index contributed by atoms with van der Waals surface area (Å²) in [6.07, 6.45) is 2.64. The smallest absolute Gasteiger partial charge is 0.221 e. The largest absolute Gasteiger partial charge is 0.340 e. The van der Waals surface area contributed by atoms with Crippen LogP contribution in [0.3, 0.4) is 0 Å². The molecule has 1 atom stereocenters. The Bertz CT molecular complexity index is 255. The van der Waals surface area contributed by atoms with E-state index in [1.807, 2.05) is 20.8 Å². The van der Waals surface area contributed by atoms with Crippen LogP contribution in [0.15, 0.2) is 0 Å². The Morgan fingerprint density at radius 3 is 2.50 bits per heavy atom. The van der Waals surface area contributed by atoms with Crippen LogP contribution in [0.1, 0.15) is 40.0 Å². The monoisotopic (exact) mass is 194 g/mol. The standard InChI is InChI=1S/C11H18N2O/c1-11(2,3)6-10(14)13-9(7-12)8-4-5-8/h8-9H,4-6H2,1-3H3,(H,13,14). The molecular weight excluding hydrogens is 176 g/mol. The van der Waals surface area contributed by atoms with Gasteiger partial charge in [-0.15, -0.1) is 0 Å². The zero-order chi connectivity index (χ0) is 10.8. The molecule has 0 aromatic rings. The molecule has 1 N–H and O–H groups in total. The molecular formula is C11H18N2O. The maximum Gasteiger partial charge on any atom is 0.221 e. The van der Waals surface area contributed by atoms with E-state index >= 15 is 0 Å². The molecule has 1 amide bonds. The molecule has 78 valence electrons. The van der Waals surface area contributed by atoms with Crippen molar-refractivity contribution in [2.75, 3.05) is 0 Å². The second-order valence-corrected chi connectivity index (χ2v) is 5.25. The Hall–Kier alpha value is -1.04. The number of carbonyl (C=O) groups is 1. The summed E-state index contributed by atoms with van der Waals surface area (Å²) in [7, 11) is 0. The van der Waals surface area contributed by atoms with Crippen molar-refractivity contribution < 1.29 is 4.79 Å². The molecule has 0 aromatic heterocycles. The van der Waals surface area contributed by atoms with Gasteiger partial charge in [0, 0.05) is 6.42 Å². The second kappa shape index (κ2) is 4.00. The van der Waals surface area contributed by atoms with Crippen LogP contribution in [0.25, 0.3) is 0 Å². The molecule has 14 heavy (non-hydrogen) atoms. The maximum atomic E-state index is 11.5. The third-order valence-corrected chi connectivity index (χ3v) is 2.24. The van der Waals surface area contributed by atoms with Gasteiger partial charge in [-0.05, 0) is 24.2 Å². The van der Waals surface area contributed by atoms with E-state index < -0.39 is 0 Å². The van der Waals surface area contributed by atoms with Crippen LogP contribution in [0.5, 0.6) is 0 Å². The summed E-state index contributed by atoms with van der Waals surface area (Å²) in [4.78, 5) is 11.5. The average molecular weight is 194 g/mol. The molecule has 1 aliphatic rings. The highest BCUT2D eigenvalue weighted by molar-refractivity contribution is 5.77. The zero-order valence-corrected chi connectivity index (χ0v) is 9.13. The molecule has 0 aromatic carbocycles. The number of hydrogen-bond acceptors (Lipinski definition) is 2. The Balaban J connectivity index is 2.36. The highest BCUT2D eigenvalue weighted by atomic mass is 16.1. The number of carbonyl (C=O) groups excluding carboxylic acids is 1. The molecule has 0 bridgehead atoms. The summed E-state index contributed by atoms with van der Waals surface area (Å²) in [5.74, 6) is 0.403. The van der Waals surface area contributed by atoms with Gasteiger partial charge < -0.3 is 5.32 Å². The molecule has 1 saturated carbocycles. The van der Waals surface area contributed by atoms with Crippen molar-refractivity contribution >= 4 is 5.91 Å². The lowest BCUT2D eigenvalue weighted by Crippen LogP contribution is -2.37. The Labute approximate surface area is 85.5 Å². The number of nitrogens with zero attached hydrogens (tertiary/aromatic N) is 1. The molecule has 1 unspecified atom stereocenters. The lowest BCUT2D eigenvalue weighted by Gasteiger charge is -2.18. The lowest BCUT2D eigenvalue weighted by atomic mass is 9.92. The van der Waals surface area contributed by atoms with Gasteiger partial charge in [0.15, 0.2) is 0 Å². The van der Waals surface area contributed by atoms with Crippen molar-refractivity contribution in [2.45, 2.75) is 46.1 Å². The SMILES string of the molecule is CC(C)(C)CC(=O)NC(C#N)C1CC1. The number of hydrogen-bond donors (Lipinski definition) is 1. The van der Waals surface area contributed by atoms with Crippen LogP contribution in [-0.4, -0.2) is 11.9 Å². The number of amides is 1. The van der Waals surface area contributed by atoms with Gasteiger partial charge >= 0.3 is 0 Å². The summed E-state index contributed by atoms with van der Waals surface area (Å²) in [5, 5.41) is 11.6. The predicted octanol–water partition coefficient (Wildman–Crippen LogP) is 1.84. The predicted molar refractivity (Wildman–Crippen MR) is 54.3 cm³/mol. The van der Waals surface area contributed by atoms with Gasteiger partial charge in [-0.2, -0.15) is 5.26 Å². The second-order valence-electron chi connectivity index (χ2n) is 5.25. The first kappa shape index (κ1) is 11.0. The quantitative estimate of drug-likeness (QED) is 0.745. The first-order valence-electron chi connectivity index (χ1n) is 5.11. The van der Waals surface area contributed by atoms with E-state index in [9.17, 15) is 4.79 Å². The zero-order valence-electron chi connectivity index (χ0n) is 9.13. The average Bonchev–Trinajstić information content (AvgIpc) is 2.78. The van der Waals surface area contributed by atoms with E-state index in [1.54, 1.807) is 0 Å². The highest BCUT2D eigenvalue weighted by Gasteiger charge is 2.32. The number of nitrogens with one attached hydrogen (secondary N) is 1. The fourth-order valence-electron chi connectivity index (χ4n) is 1.39. The van der Waals surface area contributed by atoms with Gasteiger partial charge in [0.05, 0.1) is 6.07 Å². The van der Waals surface area contributed by atoms with Gasteiger partial charge in [0.2, 0.25) is 5.91 Å². The Kier molecular flexibility index (Phi) is 3.15. The molecule has 1 aliphatic carbocycles. The van der Waals surface area contributed by atoms with Crippen LogP contribution in [0.2, 0.25) is 0 Å². The van der Waals surface area contributed by atoms with E-state index in [0.717, 1.165) is 12.8 Å². The van der Waals surface area contributed by atoms with Crippen LogP contribution in [-0.2, 0) is 4.79 Å². The summed E-state index contributed by atoms with van der Waals surface area (Å²) in [6.45, 7) is 6.06. The minimum atomic E-state index is -0.259. The van der Waals surface area contributed by atoms with Crippen LogP contribution >= 0.6 is 0 Å². The number of rotatable bonds is 3. The Morgan fingerprint density at radius 2 is 2.14 bits per heavy atom. The Morgan fingerprint density at radius 1 is 1.57 bits per heavy atom. The number of nitriles is 1. The summed E-state index contributed by atoms with van der Waals surface area (Å²) in [6, 6.07) is 1.89. The summed E-state index contributed by atoms with van der Waals surface area (Å²) >= 11 is 0. The summed E-state index contributed by atoms with van der Waals surface area (Å²) < 4.78 is 0. The van der Waals surface area contributed by atoms with Crippen molar-refractivity contribution in [3.05, 3.63) is 0 Å². The van der Waals surface area contributed by atoms with Crippen LogP contribution < -0.4 is 5.32 Å². The third kappa shape index (κ3) is 3.78. The molecule has 0 heterocycles. The van der Waals surface area contributed by atoms with Gasteiger partial charge in [0.1, 0.15) is 6.04 Å². The van der Waals surface area contributed by atoms with Gasteiger partial charge in [-0.1, -0.05) is 20.8 Å². The van der Waals surface area contributed by atoms with E-state index in [4.69, 9.17) is 5.26 Å². The molecule has 0 spiro atoms. The third-order valence-electron chi connectivity index (χ3n) is 2.24. The van der Waals surface area contributed by atoms with E-state index in [-0.39, 0.29) is 17.4 Å². The summed E-state index contributed by atoms with van der Waals surface area (Å²) in [5.41, 5.74) is -0.00631. The van der Waals surface area contributed by atoms with Crippen LogP contribution in [0.4, 0.5) is 0 Å². The minimum Gasteiger partial charge on any atom is -0.340 e. The van der Waals surface area contributed by atoms with Gasteiger partial charge in [-0.25, -0.2) is 0 Å². The maximum absolute atomic E-state index is 11.5. The minimum absolute atomic E-state index is 0.00375. The van der Waals surface area contributed by atoms with Crippen molar-refractivity contribution in [1.29, 1.82) is 5.26 Å². The van der Waals surface area contributed by atoms with Gasteiger partial charge in [-0.3, -0.25) is 4.79 Å². The molecule has 1 fully saturated rings. The van der Waals surface area contributed by atoms with E-state index in [2.05, 4.69) is 11.4 Å². The molecule has 0 radical (unpaired) electrons. The first-order valence-corrected chi connectivity index (χ1v) is 5.11. The van der Waals surface area contributed by atoms with E-state index in [1.165, 1.54) is 0 Å². The van der Waals surface area contributed by atoms with E-state index in [0.29, 0.717) is 12.3 Å². The molecule has 1 rings (SSSR count). The topological polar surface area (TPSA) is 52.9 Å².